The monoisotopic (exact) mass is 251 g/mol. The topological polar surface area (TPSA) is 98.3 Å². The summed E-state index contributed by atoms with van der Waals surface area (Å²) in [6.45, 7) is 2.21. The molecule has 18 heavy (non-hydrogen) atoms. The van der Waals surface area contributed by atoms with E-state index in [0.29, 0.717) is 24.2 Å². The Bertz CT molecular complexity index is 446. The lowest BCUT2D eigenvalue weighted by atomic mass is 10.1. The predicted molar refractivity (Wildman–Crippen MR) is 69.4 cm³/mol. The van der Waals surface area contributed by atoms with E-state index in [1.165, 1.54) is 12.1 Å². The van der Waals surface area contributed by atoms with Gasteiger partial charge in [0.05, 0.1) is 4.92 Å². The van der Waals surface area contributed by atoms with E-state index in [1.54, 1.807) is 13.0 Å². The summed E-state index contributed by atoms with van der Waals surface area (Å²) >= 11 is 0. The summed E-state index contributed by atoms with van der Waals surface area (Å²) in [4.78, 5) is 21.7. The first-order valence-electron chi connectivity index (χ1n) is 5.79. The molecule has 0 unspecified atom stereocenters. The van der Waals surface area contributed by atoms with Crippen molar-refractivity contribution in [3.05, 3.63) is 33.9 Å². The van der Waals surface area contributed by atoms with Crippen molar-refractivity contribution in [1.82, 2.24) is 0 Å². The molecule has 0 saturated carbocycles. The van der Waals surface area contributed by atoms with Gasteiger partial charge in [-0.15, -0.1) is 0 Å². The average molecular weight is 251 g/mol. The van der Waals surface area contributed by atoms with E-state index in [0.717, 1.165) is 12.8 Å². The molecule has 0 atom stereocenters. The number of benzene rings is 1. The maximum absolute atomic E-state index is 11.5. The summed E-state index contributed by atoms with van der Waals surface area (Å²) in [5.74, 6) is -0.100. The summed E-state index contributed by atoms with van der Waals surface area (Å²) in [5, 5.41) is 13.3. The van der Waals surface area contributed by atoms with Crippen molar-refractivity contribution in [1.29, 1.82) is 0 Å². The lowest BCUT2D eigenvalue weighted by Gasteiger charge is -2.06. The standard InChI is InChI=1S/C12H17N3O3/c1-9-8-10(5-6-11(9)15(17)18)14-12(16)4-2-3-7-13/h5-6,8H,2-4,7,13H2,1H3,(H,14,16). The van der Waals surface area contributed by atoms with Crippen molar-refractivity contribution in [3.63, 3.8) is 0 Å². The minimum atomic E-state index is -0.442. The second kappa shape index (κ2) is 6.70. The molecule has 1 rings (SSSR count). The fourth-order valence-electron chi connectivity index (χ4n) is 1.59. The van der Waals surface area contributed by atoms with Gasteiger partial charge in [0.15, 0.2) is 0 Å². The third kappa shape index (κ3) is 4.14. The first-order valence-corrected chi connectivity index (χ1v) is 5.79. The van der Waals surface area contributed by atoms with Crippen LogP contribution in [0.3, 0.4) is 0 Å². The Morgan fingerprint density at radius 1 is 1.44 bits per heavy atom. The number of hydrogen-bond donors (Lipinski definition) is 2. The third-order valence-electron chi connectivity index (χ3n) is 2.54. The molecule has 0 radical (unpaired) electrons. The first-order chi connectivity index (χ1) is 8.54. The van der Waals surface area contributed by atoms with Gasteiger partial charge in [-0.3, -0.25) is 14.9 Å². The molecule has 98 valence electrons. The summed E-state index contributed by atoms with van der Waals surface area (Å²) in [6, 6.07) is 4.52. The number of aryl methyl sites for hydroxylation is 1. The van der Waals surface area contributed by atoms with Crippen molar-refractivity contribution < 1.29 is 9.72 Å². The fraction of sp³-hybridized carbons (Fsp3) is 0.417. The summed E-state index contributed by atoms with van der Waals surface area (Å²) < 4.78 is 0. The van der Waals surface area contributed by atoms with Crippen molar-refractivity contribution in [2.75, 3.05) is 11.9 Å². The second-order valence-electron chi connectivity index (χ2n) is 4.05. The molecular weight excluding hydrogens is 234 g/mol. The largest absolute Gasteiger partial charge is 0.330 e. The maximum Gasteiger partial charge on any atom is 0.272 e. The Hall–Kier alpha value is -1.95. The third-order valence-corrected chi connectivity index (χ3v) is 2.54. The van der Waals surface area contributed by atoms with Gasteiger partial charge in [0.1, 0.15) is 0 Å². The van der Waals surface area contributed by atoms with Crippen LogP contribution in [0.15, 0.2) is 18.2 Å². The van der Waals surface area contributed by atoms with Crippen LogP contribution in [-0.4, -0.2) is 17.4 Å². The highest BCUT2D eigenvalue weighted by Gasteiger charge is 2.11. The second-order valence-corrected chi connectivity index (χ2v) is 4.05. The number of carbonyl (C=O) groups excluding carboxylic acids is 1. The SMILES string of the molecule is Cc1cc(NC(=O)CCCCN)ccc1[N+](=O)[O-]. The van der Waals surface area contributed by atoms with Crippen LogP contribution in [0.1, 0.15) is 24.8 Å². The minimum absolute atomic E-state index is 0.0520. The predicted octanol–water partition coefficient (Wildman–Crippen LogP) is 1.97. The number of nitro groups is 1. The number of carbonyl (C=O) groups is 1. The van der Waals surface area contributed by atoms with Crippen molar-refractivity contribution >= 4 is 17.3 Å². The minimum Gasteiger partial charge on any atom is -0.330 e. The molecule has 0 aliphatic carbocycles. The van der Waals surface area contributed by atoms with Gasteiger partial charge in [-0.05, 0) is 38.4 Å². The molecule has 6 nitrogen and oxygen atoms in total. The summed E-state index contributed by atoms with van der Waals surface area (Å²) in [7, 11) is 0. The van der Waals surface area contributed by atoms with Gasteiger partial charge in [-0.1, -0.05) is 0 Å². The molecule has 0 heterocycles. The zero-order chi connectivity index (χ0) is 13.5. The highest BCUT2D eigenvalue weighted by atomic mass is 16.6. The van der Waals surface area contributed by atoms with E-state index in [4.69, 9.17) is 5.73 Å². The van der Waals surface area contributed by atoms with Gasteiger partial charge in [-0.25, -0.2) is 0 Å². The number of nitrogens with two attached hydrogens (primary N) is 1. The van der Waals surface area contributed by atoms with Gasteiger partial charge < -0.3 is 11.1 Å². The van der Waals surface area contributed by atoms with E-state index in [2.05, 4.69) is 5.32 Å². The number of nitro benzene ring substituents is 1. The quantitative estimate of drug-likeness (QED) is 0.458. The lowest BCUT2D eigenvalue weighted by molar-refractivity contribution is -0.385. The molecule has 0 fully saturated rings. The highest BCUT2D eigenvalue weighted by Crippen LogP contribution is 2.21. The van der Waals surface area contributed by atoms with Crippen LogP contribution in [0, 0.1) is 17.0 Å². The van der Waals surface area contributed by atoms with E-state index >= 15 is 0 Å². The average Bonchev–Trinajstić information content (AvgIpc) is 2.28. The fourth-order valence-corrected chi connectivity index (χ4v) is 1.59. The molecule has 0 aliphatic heterocycles. The van der Waals surface area contributed by atoms with Crippen molar-refractivity contribution in [3.8, 4) is 0 Å². The van der Waals surface area contributed by atoms with E-state index in [1.807, 2.05) is 0 Å². The number of unbranched alkanes of at least 4 members (excludes halogenated alkanes) is 1. The van der Waals surface area contributed by atoms with Crippen LogP contribution in [0.2, 0.25) is 0 Å². The van der Waals surface area contributed by atoms with Gasteiger partial charge >= 0.3 is 0 Å². The normalized spacial score (nSPS) is 10.1. The van der Waals surface area contributed by atoms with Crippen LogP contribution < -0.4 is 11.1 Å². The van der Waals surface area contributed by atoms with Crippen LogP contribution >= 0.6 is 0 Å². The lowest BCUT2D eigenvalue weighted by Crippen LogP contribution is -2.12. The van der Waals surface area contributed by atoms with Gasteiger partial charge in [0.25, 0.3) is 5.69 Å². The Morgan fingerprint density at radius 2 is 2.17 bits per heavy atom. The van der Waals surface area contributed by atoms with E-state index < -0.39 is 4.92 Å². The Labute approximate surface area is 105 Å². The van der Waals surface area contributed by atoms with Crippen LogP contribution in [-0.2, 0) is 4.79 Å². The molecule has 0 aromatic heterocycles. The van der Waals surface area contributed by atoms with Crippen LogP contribution in [0.4, 0.5) is 11.4 Å². The number of amides is 1. The zero-order valence-corrected chi connectivity index (χ0v) is 10.3. The maximum atomic E-state index is 11.5. The molecule has 1 amide bonds. The van der Waals surface area contributed by atoms with Gasteiger partial charge in [0.2, 0.25) is 5.91 Å². The molecule has 3 N–H and O–H groups in total. The summed E-state index contributed by atoms with van der Waals surface area (Å²) in [5.41, 5.74) is 6.50. The molecule has 0 bridgehead atoms. The number of nitrogens with zero attached hydrogens (tertiary/aromatic N) is 1. The molecule has 0 aliphatic rings. The highest BCUT2D eigenvalue weighted by molar-refractivity contribution is 5.90. The molecule has 6 heteroatoms. The number of nitrogens with one attached hydrogen (secondary N) is 1. The number of rotatable bonds is 6. The Morgan fingerprint density at radius 3 is 2.72 bits per heavy atom. The van der Waals surface area contributed by atoms with Gasteiger partial charge in [0, 0.05) is 23.7 Å². The smallest absolute Gasteiger partial charge is 0.272 e. The van der Waals surface area contributed by atoms with Crippen LogP contribution in [0.25, 0.3) is 0 Å². The zero-order valence-electron chi connectivity index (χ0n) is 10.3. The number of hydrogen-bond acceptors (Lipinski definition) is 4. The molecule has 0 spiro atoms. The van der Waals surface area contributed by atoms with Crippen LogP contribution in [0.5, 0.6) is 0 Å². The van der Waals surface area contributed by atoms with E-state index in [9.17, 15) is 14.9 Å². The molecule has 1 aromatic carbocycles. The summed E-state index contributed by atoms with van der Waals surface area (Å²) in [6.07, 6.45) is 1.97. The molecule has 0 saturated heterocycles. The Kier molecular flexibility index (Phi) is 5.26. The van der Waals surface area contributed by atoms with Crippen molar-refractivity contribution in [2.24, 2.45) is 5.73 Å². The number of anilines is 1. The molecule has 1 aromatic rings. The Balaban J connectivity index is 2.60. The van der Waals surface area contributed by atoms with Gasteiger partial charge in [-0.2, -0.15) is 0 Å². The van der Waals surface area contributed by atoms with Crippen molar-refractivity contribution in [2.45, 2.75) is 26.2 Å². The first kappa shape index (κ1) is 14.1. The van der Waals surface area contributed by atoms with E-state index in [-0.39, 0.29) is 11.6 Å². The molecular formula is C12H17N3O3.